The number of carbonyl (C=O) groups is 1. The number of benzene rings is 3. The second-order valence-electron chi connectivity index (χ2n) is 7.51. The minimum Gasteiger partial charge on any atom is -0.343 e. The Bertz CT molecular complexity index is 1440. The van der Waals surface area contributed by atoms with E-state index >= 15 is 0 Å². The summed E-state index contributed by atoms with van der Waals surface area (Å²) >= 11 is 0. The number of nitrogens with one attached hydrogen (secondary N) is 1. The van der Waals surface area contributed by atoms with E-state index in [1.165, 1.54) is 4.80 Å². The summed E-state index contributed by atoms with van der Waals surface area (Å²) in [5.74, 6) is 0.125. The van der Waals surface area contributed by atoms with Gasteiger partial charge in [0, 0.05) is 29.1 Å². The molecule has 3 aromatic carbocycles. The first-order valence-electron chi connectivity index (χ1n) is 10.5. The Morgan fingerprint density at radius 3 is 2.36 bits per heavy atom. The highest BCUT2D eigenvalue weighted by molar-refractivity contribution is 6.06. The molecular weight excluding hydrogens is 414 g/mol. The van der Waals surface area contributed by atoms with Crippen molar-refractivity contribution in [2.45, 2.75) is 6.54 Å². The molecule has 2 aromatic heterocycles. The number of hydrogen-bond donors (Lipinski definition) is 1. The predicted octanol–water partition coefficient (Wildman–Crippen LogP) is 3.65. The maximum absolute atomic E-state index is 12.4. The molecule has 0 aliphatic heterocycles. The van der Waals surface area contributed by atoms with Gasteiger partial charge in [0.05, 0.1) is 11.9 Å². The van der Waals surface area contributed by atoms with Gasteiger partial charge in [-0.1, -0.05) is 78.9 Å². The Hall–Kier alpha value is -4.59. The lowest BCUT2D eigenvalue weighted by Gasteiger charge is -2.06. The molecule has 2 heterocycles. The third kappa shape index (κ3) is 4.14. The molecule has 0 atom stereocenters. The van der Waals surface area contributed by atoms with E-state index in [1.54, 1.807) is 6.21 Å². The molecule has 0 saturated heterocycles. The van der Waals surface area contributed by atoms with Crippen LogP contribution in [-0.4, -0.2) is 36.9 Å². The maximum atomic E-state index is 12.4. The predicted molar refractivity (Wildman–Crippen MR) is 127 cm³/mol. The first kappa shape index (κ1) is 20.3. The Balaban J connectivity index is 1.35. The van der Waals surface area contributed by atoms with E-state index in [0.29, 0.717) is 5.82 Å². The third-order valence-electron chi connectivity index (χ3n) is 5.35. The Labute approximate surface area is 190 Å². The molecule has 0 aliphatic rings. The molecule has 0 radical (unpaired) electrons. The molecule has 0 unspecified atom stereocenters. The van der Waals surface area contributed by atoms with E-state index in [1.807, 2.05) is 67.7 Å². The summed E-state index contributed by atoms with van der Waals surface area (Å²) in [4.78, 5) is 13.7. The molecule has 0 spiro atoms. The summed E-state index contributed by atoms with van der Waals surface area (Å²) in [7, 11) is 2.03. The number of carbonyl (C=O) groups excluding carboxylic acids is 1. The fraction of sp³-hybridized carbons (Fsp3) is 0.0800. The smallest absolute Gasteiger partial charge is 0.263 e. The van der Waals surface area contributed by atoms with E-state index in [-0.39, 0.29) is 12.5 Å². The van der Waals surface area contributed by atoms with Gasteiger partial charge in [0.15, 0.2) is 0 Å². The number of hydrazone groups is 1. The van der Waals surface area contributed by atoms with E-state index < -0.39 is 0 Å². The van der Waals surface area contributed by atoms with Crippen molar-refractivity contribution in [3.8, 4) is 22.6 Å². The largest absolute Gasteiger partial charge is 0.343 e. The summed E-state index contributed by atoms with van der Waals surface area (Å²) in [6.07, 6.45) is 1.69. The lowest BCUT2D eigenvalue weighted by atomic mass is 10.1. The number of aromatic nitrogens is 5. The SMILES string of the molecule is Cn1c(-c2ccccc2)c(/C=N/NC(=O)Cn2nnc(-c3ccccc3)n2)c2ccccc21. The van der Waals surface area contributed by atoms with Gasteiger partial charge in [0.25, 0.3) is 5.91 Å². The average molecular weight is 435 g/mol. The van der Waals surface area contributed by atoms with E-state index in [4.69, 9.17) is 0 Å². The highest BCUT2D eigenvalue weighted by atomic mass is 16.2. The van der Waals surface area contributed by atoms with Crippen LogP contribution < -0.4 is 5.43 Å². The van der Waals surface area contributed by atoms with Gasteiger partial charge < -0.3 is 4.57 Å². The minimum absolute atomic E-state index is 0.0851. The second kappa shape index (κ2) is 8.88. The third-order valence-corrected chi connectivity index (χ3v) is 5.35. The van der Waals surface area contributed by atoms with E-state index in [2.05, 4.69) is 54.8 Å². The van der Waals surface area contributed by atoms with Crippen LogP contribution in [0.1, 0.15) is 5.56 Å². The molecule has 5 rings (SSSR count). The number of amides is 1. The van der Waals surface area contributed by atoms with Gasteiger partial charge in [-0.3, -0.25) is 4.79 Å². The highest BCUT2D eigenvalue weighted by Crippen LogP contribution is 2.31. The number of rotatable bonds is 6. The molecule has 162 valence electrons. The van der Waals surface area contributed by atoms with Crippen LogP contribution in [0.3, 0.4) is 0 Å². The van der Waals surface area contributed by atoms with Crippen LogP contribution in [0, 0.1) is 0 Å². The summed E-state index contributed by atoms with van der Waals surface area (Å²) < 4.78 is 2.14. The number of nitrogens with zero attached hydrogens (tertiary/aromatic N) is 6. The summed E-state index contributed by atoms with van der Waals surface area (Å²) in [5.41, 5.74) is 7.54. The van der Waals surface area contributed by atoms with Gasteiger partial charge in [0.1, 0.15) is 6.54 Å². The van der Waals surface area contributed by atoms with Crippen molar-refractivity contribution in [2.24, 2.45) is 12.1 Å². The van der Waals surface area contributed by atoms with Crippen molar-refractivity contribution in [3.05, 3.63) is 90.5 Å². The zero-order valence-electron chi connectivity index (χ0n) is 18.0. The lowest BCUT2D eigenvalue weighted by molar-refractivity contribution is -0.122. The zero-order valence-corrected chi connectivity index (χ0v) is 18.0. The normalized spacial score (nSPS) is 11.3. The van der Waals surface area contributed by atoms with Crippen LogP contribution in [-0.2, 0) is 18.4 Å². The van der Waals surface area contributed by atoms with E-state index in [9.17, 15) is 4.79 Å². The second-order valence-corrected chi connectivity index (χ2v) is 7.51. The van der Waals surface area contributed by atoms with Crippen LogP contribution in [0.15, 0.2) is 90.0 Å². The van der Waals surface area contributed by atoms with Crippen LogP contribution in [0.5, 0.6) is 0 Å². The minimum atomic E-state index is -0.343. The van der Waals surface area contributed by atoms with Crippen molar-refractivity contribution >= 4 is 23.0 Å². The molecule has 8 heteroatoms. The molecule has 0 aliphatic carbocycles. The Morgan fingerprint density at radius 2 is 1.61 bits per heavy atom. The number of hydrogen-bond acceptors (Lipinski definition) is 5. The molecule has 0 fully saturated rings. The number of aryl methyl sites for hydroxylation is 1. The van der Waals surface area contributed by atoms with Crippen molar-refractivity contribution in [1.29, 1.82) is 0 Å². The maximum Gasteiger partial charge on any atom is 0.263 e. The topological polar surface area (TPSA) is 90.0 Å². The van der Waals surface area contributed by atoms with Crippen LogP contribution in [0.4, 0.5) is 0 Å². The molecule has 0 bridgehead atoms. The van der Waals surface area contributed by atoms with Gasteiger partial charge in [-0.25, -0.2) is 5.43 Å². The monoisotopic (exact) mass is 435 g/mol. The lowest BCUT2D eigenvalue weighted by Crippen LogP contribution is -2.24. The zero-order chi connectivity index (χ0) is 22.6. The molecule has 8 nitrogen and oxygen atoms in total. The van der Waals surface area contributed by atoms with Gasteiger partial charge >= 0.3 is 0 Å². The first-order chi connectivity index (χ1) is 16.2. The van der Waals surface area contributed by atoms with Crippen molar-refractivity contribution in [2.75, 3.05) is 0 Å². The molecule has 33 heavy (non-hydrogen) atoms. The standard InChI is InChI=1S/C25H21N7O/c1-31-22-15-9-8-14-20(22)21(24(31)18-10-4-2-5-11-18)16-26-27-23(33)17-32-29-25(28-30-32)19-12-6-3-7-13-19/h2-16H,17H2,1H3,(H,27,33)/b26-16+. The highest BCUT2D eigenvalue weighted by Gasteiger charge is 2.15. The van der Waals surface area contributed by atoms with Gasteiger partial charge in [-0.15, -0.1) is 10.2 Å². The first-order valence-corrected chi connectivity index (χ1v) is 10.5. The molecule has 0 saturated carbocycles. The summed E-state index contributed by atoms with van der Waals surface area (Å²) in [6.45, 7) is -0.0851. The van der Waals surface area contributed by atoms with Gasteiger partial charge in [-0.05, 0) is 16.8 Å². The van der Waals surface area contributed by atoms with Crippen LogP contribution in [0.25, 0.3) is 33.5 Å². The summed E-state index contributed by atoms with van der Waals surface area (Å²) in [5, 5.41) is 17.5. The molecule has 5 aromatic rings. The quantitative estimate of drug-likeness (QED) is 0.326. The fourth-order valence-corrected chi connectivity index (χ4v) is 3.84. The van der Waals surface area contributed by atoms with Crippen LogP contribution >= 0.6 is 0 Å². The average Bonchev–Trinajstić information content (AvgIpc) is 3.43. The molecule has 1 amide bonds. The number of tetrazole rings is 1. The van der Waals surface area contributed by atoms with E-state index in [0.717, 1.165) is 33.3 Å². The van der Waals surface area contributed by atoms with Crippen molar-refractivity contribution < 1.29 is 4.79 Å². The van der Waals surface area contributed by atoms with Crippen LogP contribution in [0.2, 0.25) is 0 Å². The van der Waals surface area contributed by atoms with Crippen molar-refractivity contribution in [3.63, 3.8) is 0 Å². The Morgan fingerprint density at radius 1 is 0.939 bits per heavy atom. The molecular formula is C25H21N7O. The van der Waals surface area contributed by atoms with Crippen molar-refractivity contribution in [1.82, 2.24) is 30.2 Å². The fourth-order valence-electron chi connectivity index (χ4n) is 3.84. The number of para-hydroxylation sites is 1. The van der Waals surface area contributed by atoms with Gasteiger partial charge in [0.2, 0.25) is 5.82 Å². The van der Waals surface area contributed by atoms with Gasteiger partial charge in [-0.2, -0.15) is 9.90 Å². The summed E-state index contributed by atoms with van der Waals surface area (Å²) in [6, 6.07) is 27.7. The number of fused-ring (bicyclic) bond motifs is 1. The molecule has 1 N–H and O–H groups in total. The Kier molecular flexibility index (Phi) is 5.47.